The number of ether oxygens (including phenoxy) is 1. The number of hydrogen-bond acceptors (Lipinski definition) is 4. The van der Waals surface area contributed by atoms with Crippen LogP contribution in [-0.2, 0) is 12.8 Å². The Morgan fingerprint density at radius 1 is 1.50 bits per heavy atom. The van der Waals surface area contributed by atoms with Crippen molar-refractivity contribution in [3.05, 3.63) is 40.4 Å². The number of halogens is 1. The number of nitrogens with one attached hydrogen (secondary N) is 1. The Hall–Kier alpha value is -0.950. The molecule has 22 heavy (non-hydrogen) atoms. The van der Waals surface area contributed by atoms with Crippen LogP contribution < -0.4 is 10.5 Å². The van der Waals surface area contributed by atoms with Crippen LogP contribution in [0.2, 0.25) is 0 Å². The van der Waals surface area contributed by atoms with Crippen molar-refractivity contribution in [2.45, 2.75) is 23.8 Å². The van der Waals surface area contributed by atoms with E-state index in [1.54, 1.807) is 7.11 Å². The van der Waals surface area contributed by atoms with Gasteiger partial charge in [-0.3, -0.25) is 0 Å². The van der Waals surface area contributed by atoms with Crippen molar-refractivity contribution in [1.82, 2.24) is 9.55 Å². The second kappa shape index (κ2) is 7.55. The Morgan fingerprint density at radius 3 is 3.05 bits per heavy atom. The molecule has 0 fully saturated rings. The van der Waals surface area contributed by atoms with E-state index in [1.807, 2.05) is 24.0 Å². The lowest BCUT2D eigenvalue weighted by molar-refractivity contribution is 0.413. The summed E-state index contributed by atoms with van der Waals surface area (Å²) in [5.41, 5.74) is 8.22. The fourth-order valence-corrected chi connectivity index (χ4v) is 4.26. The number of nitrogens with zero attached hydrogens (tertiary/aromatic N) is 1. The number of thioether (sulfide) groups is 1. The van der Waals surface area contributed by atoms with Gasteiger partial charge < -0.3 is 20.0 Å². The quantitative estimate of drug-likeness (QED) is 0.824. The van der Waals surface area contributed by atoms with Crippen LogP contribution >= 0.6 is 36.4 Å². The first-order valence-corrected chi connectivity index (χ1v) is 8.41. The van der Waals surface area contributed by atoms with E-state index >= 15 is 0 Å². The van der Waals surface area contributed by atoms with E-state index in [1.165, 1.54) is 16.2 Å². The summed E-state index contributed by atoms with van der Waals surface area (Å²) < 4.78 is 8.35. The van der Waals surface area contributed by atoms with Crippen molar-refractivity contribution in [3.63, 3.8) is 0 Å². The number of benzene rings is 1. The molecule has 1 aromatic carbocycles. The lowest BCUT2D eigenvalue weighted by atomic mass is 10.1. The molecule has 1 atom stereocenters. The van der Waals surface area contributed by atoms with Crippen molar-refractivity contribution in [2.75, 3.05) is 19.4 Å². The molecule has 7 heteroatoms. The van der Waals surface area contributed by atoms with Crippen LogP contribution in [0.5, 0.6) is 5.75 Å². The van der Waals surface area contributed by atoms with Crippen molar-refractivity contribution in [3.8, 4) is 5.75 Å². The maximum absolute atomic E-state index is 5.70. The van der Waals surface area contributed by atoms with Gasteiger partial charge >= 0.3 is 0 Å². The smallest absolute Gasteiger partial charge is 0.177 e. The molecule has 0 saturated heterocycles. The highest BCUT2D eigenvalue weighted by molar-refractivity contribution is 7.99. The van der Waals surface area contributed by atoms with E-state index in [-0.39, 0.29) is 12.4 Å². The van der Waals surface area contributed by atoms with Gasteiger partial charge in [-0.25, -0.2) is 0 Å². The lowest BCUT2D eigenvalue weighted by Crippen LogP contribution is -2.21. The Morgan fingerprint density at radius 2 is 2.32 bits per heavy atom. The van der Waals surface area contributed by atoms with Gasteiger partial charge in [0.25, 0.3) is 0 Å². The minimum Gasteiger partial charge on any atom is -0.497 e. The van der Waals surface area contributed by atoms with Crippen molar-refractivity contribution >= 4 is 36.4 Å². The van der Waals surface area contributed by atoms with Gasteiger partial charge in [0.2, 0.25) is 0 Å². The van der Waals surface area contributed by atoms with E-state index in [4.69, 9.17) is 22.7 Å². The van der Waals surface area contributed by atoms with Gasteiger partial charge in [-0.15, -0.1) is 24.2 Å². The van der Waals surface area contributed by atoms with E-state index in [0.717, 1.165) is 29.1 Å². The highest BCUT2D eigenvalue weighted by Crippen LogP contribution is 2.37. The normalized spacial score (nSPS) is 16.7. The van der Waals surface area contributed by atoms with Crippen molar-refractivity contribution < 1.29 is 4.74 Å². The predicted octanol–water partition coefficient (Wildman–Crippen LogP) is 3.37. The number of fused-ring (bicyclic) bond motifs is 1. The third-order valence-corrected chi connectivity index (χ3v) is 5.39. The SMILES string of the molecule is COc1ccc2c(c1)C[C@H](n1c(CCN)c[nH]c1=S)CS2.Cl. The first-order valence-electron chi connectivity index (χ1n) is 7.01. The van der Waals surface area contributed by atoms with Crippen LogP contribution in [0.25, 0.3) is 0 Å². The molecule has 1 aliphatic heterocycles. The molecule has 0 saturated carbocycles. The third-order valence-electron chi connectivity index (χ3n) is 3.81. The molecule has 3 N–H and O–H groups in total. The topological polar surface area (TPSA) is 56.0 Å². The minimum absolute atomic E-state index is 0. The largest absolute Gasteiger partial charge is 0.497 e. The number of H-pyrrole nitrogens is 1. The van der Waals surface area contributed by atoms with Gasteiger partial charge in [0.1, 0.15) is 5.75 Å². The first kappa shape index (κ1) is 17.4. The van der Waals surface area contributed by atoms with Crippen LogP contribution in [0.1, 0.15) is 17.3 Å². The Labute approximate surface area is 145 Å². The van der Waals surface area contributed by atoms with Gasteiger partial charge in [-0.2, -0.15) is 0 Å². The van der Waals surface area contributed by atoms with Gasteiger partial charge in [-0.05, 0) is 48.9 Å². The van der Waals surface area contributed by atoms with Gasteiger partial charge in [0, 0.05) is 35.0 Å². The third kappa shape index (κ3) is 3.35. The molecule has 2 heterocycles. The van der Waals surface area contributed by atoms with E-state index in [9.17, 15) is 0 Å². The highest BCUT2D eigenvalue weighted by atomic mass is 35.5. The molecule has 0 unspecified atom stereocenters. The van der Waals surface area contributed by atoms with Crippen LogP contribution in [-0.4, -0.2) is 29.0 Å². The van der Waals surface area contributed by atoms with Crippen LogP contribution in [0, 0.1) is 4.77 Å². The molecular formula is C15H20ClN3OS2. The van der Waals surface area contributed by atoms with Gasteiger partial charge in [0.15, 0.2) is 4.77 Å². The van der Waals surface area contributed by atoms with Crippen LogP contribution in [0.15, 0.2) is 29.3 Å². The Balaban J connectivity index is 0.00000176. The standard InChI is InChI=1S/C15H19N3OS2.ClH/c1-19-13-2-3-14-10(7-13)6-12(9-21-14)18-11(4-5-16)8-17-15(18)20;/h2-3,7-8,12H,4-6,9,16H2,1H3,(H,17,20);1H/t12-;/m0./s1. The summed E-state index contributed by atoms with van der Waals surface area (Å²) >= 11 is 7.33. The fourth-order valence-electron chi connectivity index (χ4n) is 2.80. The second-order valence-electron chi connectivity index (χ2n) is 5.14. The molecule has 2 aromatic rings. The Kier molecular flexibility index (Phi) is 5.97. The Bertz CT molecular complexity index is 698. The summed E-state index contributed by atoms with van der Waals surface area (Å²) in [6.07, 6.45) is 3.81. The molecule has 3 rings (SSSR count). The molecule has 4 nitrogen and oxygen atoms in total. The van der Waals surface area contributed by atoms with E-state index in [0.29, 0.717) is 12.6 Å². The number of nitrogens with two attached hydrogens (primary N) is 1. The molecule has 0 bridgehead atoms. The molecule has 0 radical (unpaired) electrons. The van der Waals surface area contributed by atoms with E-state index < -0.39 is 0 Å². The first-order chi connectivity index (χ1) is 10.2. The molecular weight excluding hydrogens is 338 g/mol. The minimum atomic E-state index is 0. The zero-order valence-electron chi connectivity index (χ0n) is 12.4. The van der Waals surface area contributed by atoms with Gasteiger partial charge in [-0.1, -0.05) is 0 Å². The summed E-state index contributed by atoms with van der Waals surface area (Å²) in [5.74, 6) is 1.94. The average molecular weight is 358 g/mol. The van der Waals surface area contributed by atoms with Crippen LogP contribution in [0.4, 0.5) is 0 Å². The van der Waals surface area contributed by atoms with Gasteiger partial charge in [0.05, 0.1) is 7.11 Å². The summed E-state index contributed by atoms with van der Waals surface area (Å²) in [4.78, 5) is 4.50. The molecule has 0 aliphatic carbocycles. The summed E-state index contributed by atoms with van der Waals surface area (Å²) in [5, 5.41) is 0. The molecule has 1 aliphatic rings. The molecule has 0 spiro atoms. The van der Waals surface area contributed by atoms with Crippen LogP contribution in [0.3, 0.4) is 0 Å². The average Bonchev–Trinajstić information content (AvgIpc) is 2.87. The zero-order valence-corrected chi connectivity index (χ0v) is 14.8. The zero-order chi connectivity index (χ0) is 14.8. The number of imidazole rings is 1. The molecule has 1 aromatic heterocycles. The number of hydrogen-bond donors (Lipinski definition) is 2. The maximum Gasteiger partial charge on any atom is 0.177 e. The number of aromatic amines is 1. The second-order valence-corrected chi connectivity index (χ2v) is 6.58. The molecule has 120 valence electrons. The summed E-state index contributed by atoms with van der Waals surface area (Å²) in [6, 6.07) is 6.67. The molecule has 0 amide bonds. The lowest BCUT2D eigenvalue weighted by Gasteiger charge is -2.27. The van der Waals surface area contributed by atoms with E-state index in [2.05, 4.69) is 21.7 Å². The fraction of sp³-hybridized carbons (Fsp3) is 0.400. The summed E-state index contributed by atoms with van der Waals surface area (Å²) in [6.45, 7) is 0.636. The highest BCUT2D eigenvalue weighted by Gasteiger charge is 2.23. The maximum atomic E-state index is 5.70. The number of rotatable bonds is 4. The predicted molar refractivity (Wildman–Crippen MR) is 96.1 cm³/mol. The monoisotopic (exact) mass is 357 g/mol. The number of methoxy groups -OCH3 is 1. The van der Waals surface area contributed by atoms with Crippen molar-refractivity contribution in [2.24, 2.45) is 5.73 Å². The summed E-state index contributed by atoms with van der Waals surface area (Å²) in [7, 11) is 1.71. The number of aromatic nitrogens is 2. The van der Waals surface area contributed by atoms with Crippen molar-refractivity contribution in [1.29, 1.82) is 0 Å².